The SMILES string of the molecule is Cc1cc(C)nc(-n2nc(C)cc2NC(=O)CSc2n[nH]c(N)n2)n1. The van der Waals surface area contributed by atoms with Gasteiger partial charge in [-0.05, 0) is 26.8 Å². The first-order valence-corrected chi connectivity index (χ1v) is 8.39. The molecule has 0 saturated heterocycles. The molecular weight excluding hydrogens is 342 g/mol. The Hall–Kier alpha value is -2.95. The maximum Gasteiger partial charge on any atom is 0.252 e. The van der Waals surface area contributed by atoms with Crippen LogP contribution in [0.4, 0.5) is 11.8 Å². The molecule has 1 amide bonds. The number of nitrogens with one attached hydrogen (secondary N) is 2. The highest BCUT2D eigenvalue weighted by Gasteiger charge is 2.14. The average Bonchev–Trinajstić information content (AvgIpc) is 3.10. The van der Waals surface area contributed by atoms with Crippen LogP contribution < -0.4 is 11.1 Å². The molecule has 4 N–H and O–H groups in total. The number of aromatic nitrogens is 7. The van der Waals surface area contributed by atoms with Crippen LogP contribution in [-0.4, -0.2) is 46.6 Å². The van der Waals surface area contributed by atoms with Crippen molar-refractivity contribution in [1.29, 1.82) is 0 Å². The molecule has 0 unspecified atom stereocenters. The third-order valence-electron chi connectivity index (χ3n) is 3.07. The summed E-state index contributed by atoms with van der Waals surface area (Å²) in [5, 5.41) is 14.0. The van der Waals surface area contributed by atoms with E-state index in [1.165, 1.54) is 16.4 Å². The Bertz CT molecular complexity index is 897. The molecule has 0 radical (unpaired) electrons. The van der Waals surface area contributed by atoms with Gasteiger partial charge < -0.3 is 11.1 Å². The van der Waals surface area contributed by atoms with Crippen molar-refractivity contribution in [2.75, 3.05) is 16.8 Å². The van der Waals surface area contributed by atoms with Gasteiger partial charge >= 0.3 is 0 Å². The van der Waals surface area contributed by atoms with Gasteiger partial charge in [0.1, 0.15) is 5.82 Å². The Kier molecular flexibility index (Phi) is 4.65. The number of carbonyl (C=O) groups is 1. The summed E-state index contributed by atoms with van der Waals surface area (Å²) < 4.78 is 1.52. The fourth-order valence-corrected chi connectivity index (χ4v) is 2.78. The zero-order valence-electron chi connectivity index (χ0n) is 13.9. The van der Waals surface area contributed by atoms with Crippen molar-refractivity contribution in [3.63, 3.8) is 0 Å². The summed E-state index contributed by atoms with van der Waals surface area (Å²) in [4.78, 5) is 24.9. The highest BCUT2D eigenvalue weighted by atomic mass is 32.2. The van der Waals surface area contributed by atoms with Crippen molar-refractivity contribution < 1.29 is 4.79 Å². The minimum atomic E-state index is -0.223. The minimum Gasteiger partial charge on any atom is -0.368 e. The lowest BCUT2D eigenvalue weighted by Crippen LogP contribution is -2.18. The molecule has 11 heteroatoms. The van der Waals surface area contributed by atoms with E-state index < -0.39 is 0 Å². The number of rotatable bonds is 5. The van der Waals surface area contributed by atoms with Crippen molar-refractivity contribution in [2.24, 2.45) is 0 Å². The standard InChI is InChI=1S/C14H17N9OS/c1-7-4-8(2)17-13(16-7)23-10(5-9(3)22-23)18-11(24)6-25-14-19-12(15)20-21-14/h4-5H,6H2,1-3H3,(H,18,24)(H3,15,19,20,21). The predicted octanol–water partition coefficient (Wildman–Crippen LogP) is 1.02. The Morgan fingerprint density at radius 1 is 1.20 bits per heavy atom. The van der Waals surface area contributed by atoms with Crippen LogP contribution in [0.1, 0.15) is 17.1 Å². The fraction of sp³-hybridized carbons (Fsp3) is 0.286. The van der Waals surface area contributed by atoms with Gasteiger partial charge in [0.25, 0.3) is 5.95 Å². The van der Waals surface area contributed by atoms with Gasteiger partial charge in [-0.2, -0.15) is 14.8 Å². The molecular formula is C14H17N9OS. The second-order valence-electron chi connectivity index (χ2n) is 5.37. The molecule has 0 fully saturated rings. The highest BCUT2D eigenvalue weighted by molar-refractivity contribution is 7.99. The molecule has 0 saturated carbocycles. The van der Waals surface area contributed by atoms with Crippen LogP contribution in [-0.2, 0) is 4.79 Å². The Morgan fingerprint density at radius 2 is 1.92 bits per heavy atom. The van der Waals surface area contributed by atoms with Crippen LogP contribution in [0.15, 0.2) is 17.3 Å². The van der Waals surface area contributed by atoms with Gasteiger partial charge in [-0.15, -0.1) is 5.10 Å². The first kappa shape index (κ1) is 16.9. The quantitative estimate of drug-likeness (QED) is 0.573. The smallest absolute Gasteiger partial charge is 0.252 e. The molecule has 0 bridgehead atoms. The Balaban J connectivity index is 1.75. The second kappa shape index (κ2) is 6.89. The fourth-order valence-electron chi connectivity index (χ4n) is 2.17. The van der Waals surface area contributed by atoms with E-state index >= 15 is 0 Å². The second-order valence-corrected chi connectivity index (χ2v) is 6.32. The lowest BCUT2D eigenvalue weighted by Gasteiger charge is -2.08. The van der Waals surface area contributed by atoms with Gasteiger partial charge in [-0.25, -0.2) is 15.1 Å². The van der Waals surface area contributed by atoms with E-state index in [1.807, 2.05) is 26.8 Å². The number of thioether (sulfide) groups is 1. The molecule has 3 aromatic rings. The Morgan fingerprint density at radius 3 is 2.56 bits per heavy atom. The number of nitrogens with two attached hydrogens (primary N) is 1. The van der Waals surface area contributed by atoms with E-state index in [1.54, 1.807) is 6.07 Å². The third kappa shape index (κ3) is 4.12. The third-order valence-corrected chi connectivity index (χ3v) is 3.92. The van der Waals surface area contributed by atoms with E-state index in [-0.39, 0.29) is 17.6 Å². The summed E-state index contributed by atoms with van der Waals surface area (Å²) in [5.41, 5.74) is 7.84. The molecule has 25 heavy (non-hydrogen) atoms. The van der Waals surface area contributed by atoms with Crippen molar-refractivity contribution >= 4 is 29.4 Å². The molecule has 3 rings (SSSR count). The van der Waals surface area contributed by atoms with E-state index in [0.717, 1.165) is 17.1 Å². The number of aryl methyl sites for hydroxylation is 3. The first-order chi connectivity index (χ1) is 11.9. The minimum absolute atomic E-state index is 0.134. The number of aromatic amines is 1. The number of amides is 1. The van der Waals surface area contributed by atoms with Gasteiger partial charge in [0.05, 0.1) is 11.4 Å². The van der Waals surface area contributed by atoms with Gasteiger partial charge in [0.2, 0.25) is 17.0 Å². The number of anilines is 2. The van der Waals surface area contributed by atoms with Gasteiger partial charge in [0, 0.05) is 17.5 Å². The molecule has 0 aliphatic heterocycles. The lowest BCUT2D eigenvalue weighted by atomic mass is 10.4. The van der Waals surface area contributed by atoms with Crippen LogP contribution in [0.2, 0.25) is 0 Å². The van der Waals surface area contributed by atoms with E-state index in [0.29, 0.717) is 16.9 Å². The average molecular weight is 359 g/mol. The molecule has 0 spiro atoms. The van der Waals surface area contributed by atoms with Crippen LogP contribution in [0.25, 0.3) is 5.95 Å². The summed E-state index contributed by atoms with van der Waals surface area (Å²) >= 11 is 1.18. The molecule has 3 aromatic heterocycles. The van der Waals surface area contributed by atoms with Gasteiger partial charge in [-0.3, -0.25) is 4.79 Å². The number of hydrogen-bond donors (Lipinski definition) is 3. The molecule has 0 atom stereocenters. The first-order valence-electron chi connectivity index (χ1n) is 7.40. The largest absolute Gasteiger partial charge is 0.368 e. The summed E-state index contributed by atoms with van der Waals surface area (Å²) in [6.07, 6.45) is 0. The molecule has 0 aromatic carbocycles. The summed E-state index contributed by atoms with van der Waals surface area (Å²) in [5.74, 6) is 1.04. The lowest BCUT2D eigenvalue weighted by molar-refractivity contribution is -0.113. The van der Waals surface area contributed by atoms with Crippen LogP contribution in [0.5, 0.6) is 0 Å². The number of nitrogen functional groups attached to an aromatic ring is 1. The zero-order valence-corrected chi connectivity index (χ0v) is 14.8. The van der Waals surface area contributed by atoms with Crippen molar-refractivity contribution in [1.82, 2.24) is 34.9 Å². The summed E-state index contributed by atoms with van der Waals surface area (Å²) in [6, 6.07) is 3.63. The predicted molar refractivity (Wildman–Crippen MR) is 93.5 cm³/mol. The van der Waals surface area contributed by atoms with E-state index in [4.69, 9.17) is 5.73 Å². The normalized spacial score (nSPS) is 10.8. The topological polar surface area (TPSA) is 140 Å². The molecule has 0 aliphatic rings. The number of H-pyrrole nitrogens is 1. The number of nitrogens with zero attached hydrogens (tertiary/aromatic N) is 6. The molecule has 130 valence electrons. The molecule has 10 nitrogen and oxygen atoms in total. The maximum atomic E-state index is 12.2. The monoisotopic (exact) mass is 359 g/mol. The van der Waals surface area contributed by atoms with Crippen LogP contribution in [0, 0.1) is 20.8 Å². The van der Waals surface area contributed by atoms with Gasteiger partial charge in [0.15, 0.2) is 0 Å². The van der Waals surface area contributed by atoms with E-state index in [2.05, 4.69) is 35.6 Å². The molecule has 3 heterocycles. The summed E-state index contributed by atoms with van der Waals surface area (Å²) in [7, 11) is 0. The number of carbonyl (C=O) groups excluding carboxylic acids is 1. The van der Waals surface area contributed by atoms with Gasteiger partial charge in [-0.1, -0.05) is 11.8 Å². The van der Waals surface area contributed by atoms with Crippen molar-refractivity contribution in [3.05, 3.63) is 29.2 Å². The van der Waals surface area contributed by atoms with Crippen LogP contribution in [0.3, 0.4) is 0 Å². The summed E-state index contributed by atoms with van der Waals surface area (Å²) in [6.45, 7) is 5.60. The molecule has 0 aliphatic carbocycles. The van der Waals surface area contributed by atoms with Crippen molar-refractivity contribution in [2.45, 2.75) is 25.9 Å². The number of hydrogen-bond acceptors (Lipinski definition) is 8. The van der Waals surface area contributed by atoms with Crippen molar-refractivity contribution in [3.8, 4) is 5.95 Å². The highest BCUT2D eigenvalue weighted by Crippen LogP contribution is 2.17. The van der Waals surface area contributed by atoms with E-state index in [9.17, 15) is 4.79 Å². The zero-order chi connectivity index (χ0) is 18.0. The maximum absolute atomic E-state index is 12.2. The Labute approximate surface area is 147 Å². The van der Waals surface area contributed by atoms with Crippen LogP contribution >= 0.6 is 11.8 Å².